The van der Waals surface area contributed by atoms with Crippen LogP contribution in [0.15, 0.2) is 134 Å². The third kappa shape index (κ3) is 27.6. The summed E-state index contributed by atoms with van der Waals surface area (Å²) in [4.78, 5) is 21.3. The lowest BCUT2D eigenvalue weighted by atomic mass is 10.2. The van der Waals surface area contributed by atoms with Crippen molar-refractivity contribution in [1.29, 1.82) is 0 Å². The van der Waals surface area contributed by atoms with Gasteiger partial charge in [-0.05, 0) is 38.8 Å². The second kappa shape index (κ2) is 27.8. The predicted molar refractivity (Wildman–Crippen MR) is 177 cm³/mol. The lowest BCUT2D eigenvalue weighted by Gasteiger charge is -2.07. The van der Waals surface area contributed by atoms with Crippen LogP contribution >= 0.6 is 0 Å². The van der Waals surface area contributed by atoms with Crippen LogP contribution in [0.3, 0.4) is 0 Å². The summed E-state index contributed by atoms with van der Waals surface area (Å²) >= 11 is 0. The van der Waals surface area contributed by atoms with E-state index in [4.69, 9.17) is 20.3 Å². The number of benzene rings is 2. The molecule has 2 rings (SSSR count). The molecular weight excluding hydrogens is 540 g/mol. The van der Waals surface area contributed by atoms with Crippen LogP contribution in [-0.2, 0) is 32.3 Å². The summed E-state index contributed by atoms with van der Waals surface area (Å²) in [5.41, 5.74) is 7.89. The molecule has 7 nitrogen and oxygen atoms in total. The maximum atomic E-state index is 11.5. The van der Waals surface area contributed by atoms with Crippen LogP contribution in [0.5, 0.6) is 0 Å². The van der Waals surface area contributed by atoms with Gasteiger partial charge in [-0.3, -0.25) is 4.79 Å². The van der Waals surface area contributed by atoms with Gasteiger partial charge in [0.2, 0.25) is 5.91 Å². The van der Waals surface area contributed by atoms with Crippen molar-refractivity contribution in [3.05, 3.63) is 145 Å². The van der Waals surface area contributed by atoms with Gasteiger partial charge in [0, 0.05) is 24.2 Å². The molecule has 0 saturated carbocycles. The minimum absolute atomic E-state index is 0.0203. The van der Waals surface area contributed by atoms with Crippen molar-refractivity contribution in [3.63, 3.8) is 0 Å². The van der Waals surface area contributed by atoms with Crippen molar-refractivity contribution in [3.8, 4) is 0 Å². The summed E-state index contributed by atoms with van der Waals surface area (Å²) in [5.74, 6) is -1.02. The largest absolute Gasteiger partial charge is 0.478 e. The Kier molecular flexibility index (Phi) is 25.1. The monoisotopic (exact) mass is 588 g/mol. The number of hydrogen-bond acceptors (Lipinski definition) is 5. The van der Waals surface area contributed by atoms with Crippen molar-refractivity contribution in [2.75, 3.05) is 13.2 Å². The van der Waals surface area contributed by atoms with E-state index in [-0.39, 0.29) is 18.0 Å². The molecule has 0 aromatic heterocycles. The van der Waals surface area contributed by atoms with Crippen LogP contribution in [0.1, 0.15) is 38.8 Å². The fraction of sp³-hybridized carbons (Fsp3) is 0.278. The Bertz CT molecular complexity index is 1150. The fourth-order valence-corrected chi connectivity index (χ4v) is 2.99. The number of rotatable bonds is 15. The SMILES string of the molecule is C/C=C/C=C/C(=O)N[C@H](C)/C=C\COCc1ccccc1.C/C=C/C=C/C(=O)O.C[C@@H](N)/C=C\COCc1ccccc1. The lowest BCUT2D eigenvalue weighted by molar-refractivity contribution is -0.131. The Morgan fingerprint density at radius 3 is 1.67 bits per heavy atom. The zero-order valence-corrected chi connectivity index (χ0v) is 25.8. The second-order valence-electron chi connectivity index (χ2n) is 9.12. The normalized spacial score (nSPS) is 12.9. The summed E-state index contributed by atoms with van der Waals surface area (Å²) in [7, 11) is 0. The highest BCUT2D eigenvalue weighted by Crippen LogP contribution is 2.01. The lowest BCUT2D eigenvalue weighted by Crippen LogP contribution is -2.29. The van der Waals surface area contributed by atoms with Gasteiger partial charge in [-0.15, -0.1) is 0 Å². The molecule has 0 aliphatic carbocycles. The molecule has 1 amide bonds. The number of allylic oxidation sites excluding steroid dienone is 6. The van der Waals surface area contributed by atoms with Crippen molar-refractivity contribution < 1.29 is 24.2 Å². The van der Waals surface area contributed by atoms with E-state index in [1.165, 1.54) is 17.7 Å². The van der Waals surface area contributed by atoms with E-state index in [2.05, 4.69) is 17.4 Å². The van der Waals surface area contributed by atoms with Gasteiger partial charge in [-0.1, -0.05) is 121 Å². The third-order valence-electron chi connectivity index (χ3n) is 4.98. The number of aliphatic carboxylic acids is 1. The van der Waals surface area contributed by atoms with Gasteiger partial charge in [0.1, 0.15) is 0 Å². The predicted octanol–water partition coefficient (Wildman–Crippen LogP) is 6.71. The fourth-order valence-electron chi connectivity index (χ4n) is 2.99. The second-order valence-corrected chi connectivity index (χ2v) is 9.12. The molecule has 0 spiro atoms. The minimum Gasteiger partial charge on any atom is -0.478 e. The molecule has 0 fully saturated rings. The molecule has 43 heavy (non-hydrogen) atoms. The number of nitrogens with two attached hydrogens (primary N) is 1. The first-order valence-corrected chi connectivity index (χ1v) is 14.2. The number of carboxylic acids is 1. The van der Waals surface area contributed by atoms with Crippen LogP contribution in [0, 0.1) is 0 Å². The van der Waals surface area contributed by atoms with Gasteiger partial charge in [0.25, 0.3) is 0 Å². The quantitative estimate of drug-likeness (QED) is 0.0924. The molecule has 232 valence electrons. The van der Waals surface area contributed by atoms with E-state index in [0.717, 1.165) is 11.6 Å². The number of ether oxygens (including phenoxy) is 2. The average molecular weight is 589 g/mol. The molecule has 0 heterocycles. The highest BCUT2D eigenvalue weighted by atomic mass is 16.5. The zero-order valence-electron chi connectivity index (χ0n) is 25.8. The number of carbonyl (C=O) groups excluding carboxylic acids is 1. The van der Waals surface area contributed by atoms with Gasteiger partial charge < -0.3 is 25.6 Å². The highest BCUT2D eigenvalue weighted by molar-refractivity contribution is 5.88. The topological polar surface area (TPSA) is 111 Å². The van der Waals surface area contributed by atoms with Gasteiger partial charge in [0.05, 0.1) is 26.4 Å². The molecule has 0 aliphatic heterocycles. The molecule has 2 atom stereocenters. The molecule has 0 saturated heterocycles. The molecule has 0 unspecified atom stereocenters. The van der Waals surface area contributed by atoms with Gasteiger partial charge in [-0.25, -0.2) is 4.79 Å². The minimum atomic E-state index is -0.914. The van der Waals surface area contributed by atoms with E-state index in [9.17, 15) is 9.59 Å². The number of nitrogens with one attached hydrogen (secondary N) is 1. The van der Waals surface area contributed by atoms with Gasteiger partial charge >= 0.3 is 5.97 Å². The van der Waals surface area contributed by atoms with Crippen molar-refractivity contribution in [2.45, 2.75) is 53.0 Å². The van der Waals surface area contributed by atoms with E-state index < -0.39 is 5.97 Å². The molecule has 7 heteroatoms. The summed E-state index contributed by atoms with van der Waals surface area (Å²) < 4.78 is 11.0. The van der Waals surface area contributed by atoms with Gasteiger partial charge in [0.15, 0.2) is 0 Å². The Hall–Kier alpha value is -4.30. The molecular formula is C36H48N2O5. The molecule has 4 N–H and O–H groups in total. The van der Waals surface area contributed by atoms with E-state index >= 15 is 0 Å². The summed E-state index contributed by atoms with van der Waals surface area (Å²) in [6.07, 6.45) is 20.6. The average Bonchev–Trinajstić information content (AvgIpc) is 2.98. The van der Waals surface area contributed by atoms with E-state index in [0.29, 0.717) is 26.4 Å². The Balaban J connectivity index is 0.000000688. The Morgan fingerprint density at radius 2 is 1.23 bits per heavy atom. The van der Waals surface area contributed by atoms with Crippen molar-refractivity contribution >= 4 is 11.9 Å². The first-order valence-electron chi connectivity index (χ1n) is 14.2. The number of carboxylic acid groups (broad SMARTS) is 1. The summed E-state index contributed by atoms with van der Waals surface area (Å²) in [6, 6.07) is 20.2. The standard InChI is InChI=1S/C18H23NO2.C12H17NO.C6H8O2/c1-3-4-6-13-18(20)19-16(2)10-9-14-21-15-17-11-7-5-8-12-17;1-11(13)6-5-9-14-10-12-7-3-2-4-8-12;1-2-3-4-5-6(7)8/h3-13,16H,14-15H2,1-2H3,(H,19,20);2-8,11H,9-10,13H2,1H3;2-5H,1H3,(H,7,8)/b4-3+,10-9-,13-6+;6-5-;3-2+,5-4+/t16-;11-;/m11./s1. The molecule has 2 aromatic carbocycles. The smallest absolute Gasteiger partial charge is 0.328 e. The first kappa shape index (κ1) is 38.7. The van der Waals surface area contributed by atoms with Crippen LogP contribution in [0.4, 0.5) is 0 Å². The number of amides is 1. The molecule has 0 bridgehead atoms. The first-order chi connectivity index (χ1) is 20.8. The number of carbonyl (C=O) groups is 2. The molecule has 0 radical (unpaired) electrons. The number of hydrogen-bond donors (Lipinski definition) is 3. The van der Waals surface area contributed by atoms with Gasteiger partial charge in [-0.2, -0.15) is 0 Å². The van der Waals surface area contributed by atoms with Crippen molar-refractivity contribution in [2.24, 2.45) is 5.73 Å². The maximum absolute atomic E-state index is 11.5. The van der Waals surface area contributed by atoms with Crippen LogP contribution in [0.2, 0.25) is 0 Å². The summed E-state index contributed by atoms with van der Waals surface area (Å²) in [5, 5.41) is 10.9. The molecule has 0 aliphatic rings. The maximum Gasteiger partial charge on any atom is 0.328 e. The van der Waals surface area contributed by atoms with Crippen LogP contribution < -0.4 is 11.1 Å². The summed E-state index contributed by atoms with van der Waals surface area (Å²) in [6.45, 7) is 10.0. The van der Waals surface area contributed by atoms with E-state index in [1.807, 2.05) is 113 Å². The Labute approximate surface area is 257 Å². The third-order valence-corrected chi connectivity index (χ3v) is 4.98. The highest BCUT2D eigenvalue weighted by Gasteiger charge is 1.99. The zero-order chi connectivity index (χ0) is 32.0. The van der Waals surface area contributed by atoms with Crippen LogP contribution in [0.25, 0.3) is 0 Å². The van der Waals surface area contributed by atoms with E-state index in [1.54, 1.807) is 18.2 Å². The van der Waals surface area contributed by atoms with Crippen molar-refractivity contribution in [1.82, 2.24) is 5.32 Å². The Morgan fingerprint density at radius 1 is 0.767 bits per heavy atom. The molecule has 2 aromatic rings. The van der Waals surface area contributed by atoms with Crippen LogP contribution in [-0.4, -0.2) is 42.3 Å².